The van der Waals surface area contributed by atoms with Gasteiger partial charge in [-0.2, -0.15) is 0 Å². The number of nitrogens with zero attached hydrogens (tertiary/aromatic N) is 4. The summed E-state index contributed by atoms with van der Waals surface area (Å²) >= 11 is 1.48. The molecule has 26 heavy (non-hydrogen) atoms. The van der Waals surface area contributed by atoms with E-state index in [0.29, 0.717) is 31.1 Å². The molecule has 2 aromatic rings. The Morgan fingerprint density at radius 1 is 1.31 bits per heavy atom. The largest absolute Gasteiger partial charge is 0.479 e. The number of carbonyl (C=O) groups is 2. The van der Waals surface area contributed by atoms with Crippen molar-refractivity contribution in [3.8, 4) is 5.88 Å². The Labute approximate surface area is 156 Å². The predicted octanol–water partition coefficient (Wildman–Crippen LogP) is 0.678. The Kier molecular flexibility index (Phi) is 5.89. The van der Waals surface area contributed by atoms with Crippen LogP contribution in [0.5, 0.6) is 5.88 Å². The van der Waals surface area contributed by atoms with Crippen LogP contribution in [0, 0.1) is 0 Å². The van der Waals surface area contributed by atoms with Gasteiger partial charge in [0, 0.05) is 52.5 Å². The number of piperazine rings is 1. The molecule has 0 atom stereocenters. The maximum absolute atomic E-state index is 12.3. The molecule has 0 bridgehead atoms. The minimum atomic E-state index is -0.193. The number of nitrogens with one attached hydrogen (secondary N) is 1. The summed E-state index contributed by atoms with van der Waals surface area (Å²) < 4.78 is 6.66. The number of aromatic nitrogens is 2. The molecule has 1 aliphatic heterocycles. The number of rotatable bonds is 6. The van der Waals surface area contributed by atoms with E-state index < -0.39 is 0 Å². The van der Waals surface area contributed by atoms with Gasteiger partial charge in [-0.25, -0.2) is 0 Å². The highest BCUT2D eigenvalue weighted by Crippen LogP contribution is 2.15. The van der Waals surface area contributed by atoms with E-state index in [1.54, 1.807) is 17.9 Å². The van der Waals surface area contributed by atoms with Crippen LogP contribution in [-0.2, 0) is 7.05 Å². The molecule has 3 heterocycles. The standard InChI is InChI=1S/C17H23N5O3S/c1-20-12-13(16(19-20)25-2)15(23)18-5-6-21-7-9-22(10-8-21)17(24)14-4-3-11-26-14/h3-4,11-12H,5-10H2,1-2H3,(H,18,23). The van der Waals surface area contributed by atoms with Crippen molar-refractivity contribution in [2.75, 3.05) is 46.4 Å². The second-order valence-corrected chi connectivity index (χ2v) is 7.04. The molecule has 1 fully saturated rings. The first kappa shape index (κ1) is 18.4. The summed E-state index contributed by atoms with van der Waals surface area (Å²) in [6.45, 7) is 4.32. The van der Waals surface area contributed by atoms with Gasteiger partial charge in [-0.05, 0) is 11.4 Å². The molecule has 1 saturated heterocycles. The summed E-state index contributed by atoms with van der Waals surface area (Å²) in [6.07, 6.45) is 1.64. The molecular formula is C17H23N5O3S. The molecule has 0 spiro atoms. The molecule has 140 valence electrons. The zero-order chi connectivity index (χ0) is 18.5. The van der Waals surface area contributed by atoms with Crippen LogP contribution in [0.25, 0.3) is 0 Å². The highest BCUT2D eigenvalue weighted by atomic mass is 32.1. The van der Waals surface area contributed by atoms with Crippen LogP contribution >= 0.6 is 11.3 Å². The normalized spacial score (nSPS) is 15.1. The second-order valence-electron chi connectivity index (χ2n) is 6.09. The van der Waals surface area contributed by atoms with Crippen LogP contribution < -0.4 is 10.1 Å². The average Bonchev–Trinajstić information content (AvgIpc) is 3.31. The first-order valence-electron chi connectivity index (χ1n) is 8.49. The van der Waals surface area contributed by atoms with Gasteiger partial charge in [0.25, 0.3) is 11.8 Å². The number of amides is 2. The number of hydrogen-bond donors (Lipinski definition) is 1. The van der Waals surface area contributed by atoms with Crippen LogP contribution in [0.2, 0.25) is 0 Å². The Morgan fingerprint density at radius 3 is 2.73 bits per heavy atom. The van der Waals surface area contributed by atoms with Crippen molar-refractivity contribution in [2.24, 2.45) is 7.05 Å². The number of thiophene rings is 1. The zero-order valence-corrected chi connectivity index (χ0v) is 15.8. The summed E-state index contributed by atoms with van der Waals surface area (Å²) in [5.74, 6) is 0.240. The lowest BCUT2D eigenvalue weighted by Crippen LogP contribution is -2.50. The van der Waals surface area contributed by atoms with E-state index in [9.17, 15) is 9.59 Å². The van der Waals surface area contributed by atoms with Crippen molar-refractivity contribution >= 4 is 23.2 Å². The quantitative estimate of drug-likeness (QED) is 0.801. The van der Waals surface area contributed by atoms with Gasteiger partial charge in [-0.3, -0.25) is 19.2 Å². The number of ether oxygens (including phenoxy) is 1. The number of aryl methyl sites for hydroxylation is 1. The SMILES string of the molecule is COc1nn(C)cc1C(=O)NCCN1CCN(C(=O)c2cccs2)CC1. The molecule has 8 nitrogen and oxygen atoms in total. The summed E-state index contributed by atoms with van der Waals surface area (Å²) in [7, 11) is 3.24. The van der Waals surface area contributed by atoms with Gasteiger partial charge in [-0.1, -0.05) is 6.07 Å². The van der Waals surface area contributed by atoms with Crippen molar-refractivity contribution in [2.45, 2.75) is 0 Å². The van der Waals surface area contributed by atoms with Crippen LogP contribution in [0.4, 0.5) is 0 Å². The second kappa shape index (κ2) is 8.33. The summed E-state index contributed by atoms with van der Waals surface area (Å²) in [5, 5.41) is 8.90. The van der Waals surface area contributed by atoms with Gasteiger partial charge < -0.3 is 15.0 Å². The fourth-order valence-corrected chi connectivity index (χ4v) is 3.62. The van der Waals surface area contributed by atoms with Crippen molar-refractivity contribution in [1.29, 1.82) is 0 Å². The molecule has 0 aliphatic carbocycles. The van der Waals surface area contributed by atoms with Crippen LogP contribution in [0.15, 0.2) is 23.7 Å². The van der Waals surface area contributed by atoms with Crippen molar-refractivity contribution in [3.05, 3.63) is 34.2 Å². The van der Waals surface area contributed by atoms with E-state index in [0.717, 1.165) is 24.5 Å². The Hall–Kier alpha value is -2.39. The topological polar surface area (TPSA) is 79.7 Å². The molecule has 2 aromatic heterocycles. The maximum Gasteiger partial charge on any atom is 0.264 e. The molecule has 0 radical (unpaired) electrons. The van der Waals surface area contributed by atoms with Crippen molar-refractivity contribution in [1.82, 2.24) is 24.9 Å². The van der Waals surface area contributed by atoms with E-state index in [2.05, 4.69) is 15.3 Å². The lowest BCUT2D eigenvalue weighted by Gasteiger charge is -2.34. The summed E-state index contributed by atoms with van der Waals surface area (Å²) in [6, 6.07) is 3.76. The predicted molar refractivity (Wildman–Crippen MR) is 98.8 cm³/mol. The average molecular weight is 377 g/mol. The number of methoxy groups -OCH3 is 1. The molecule has 1 N–H and O–H groups in total. The minimum absolute atomic E-state index is 0.108. The molecule has 1 aliphatic rings. The molecule has 2 amide bonds. The van der Waals surface area contributed by atoms with E-state index in [1.165, 1.54) is 18.4 Å². The van der Waals surface area contributed by atoms with Gasteiger partial charge in [0.1, 0.15) is 5.56 Å². The van der Waals surface area contributed by atoms with E-state index in [-0.39, 0.29) is 11.8 Å². The van der Waals surface area contributed by atoms with Crippen molar-refractivity contribution in [3.63, 3.8) is 0 Å². The molecule has 0 saturated carbocycles. The van der Waals surface area contributed by atoms with Crippen LogP contribution in [-0.4, -0.2) is 77.8 Å². The number of hydrogen-bond acceptors (Lipinski definition) is 6. The molecular weight excluding hydrogens is 354 g/mol. The first-order chi connectivity index (χ1) is 12.6. The third-order valence-electron chi connectivity index (χ3n) is 4.34. The maximum atomic E-state index is 12.3. The highest BCUT2D eigenvalue weighted by molar-refractivity contribution is 7.12. The zero-order valence-electron chi connectivity index (χ0n) is 15.0. The van der Waals surface area contributed by atoms with Gasteiger partial charge in [0.05, 0.1) is 12.0 Å². The van der Waals surface area contributed by atoms with E-state index in [1.807, 2.05) is 22.4 Å². The van der Waals surface area contributed by atoms with Crippen LogP contribution in [0.1, 0.15) is 20.0 Å². The smallest absolute Gasteiger partial charge is 0.264 e. The Morgan fingerprint density at radius 2 is 2.08 bits per heavy atom. The summed E-state index contributed by atoms with van der Waals surface area (Å²) in [4.78, 5) is 29.5. The molecule has 9 heteroatoms. The van der Waals surface area contributed by atoms with E-state index >= 15 is 0 Å². The minimum Gasteiger partial charge on any atom is -0.479 e. The van der Waals surface area contributed by atoms with Gasteiger partial charge in [0.2, 0.25) is 5.88 Å². The third kappa shape index (κ3) is 4.23. The Balaban J connectivity index is 1.41. The summed E-state index contributed by atoms with van der Waals surface area (Å²) in [5.41, 5.74) is 0.432. The lowest BCUT2D eigenvalue weighted by atomic mass is 10.3. The van der Waals surface area contributed by atoms with Gasteiger partial charge >= 0.3 is 0 Å². The molecule has 3 rings (SSSR count). The van der Waals surface area contributed by atoms with Gasteiger partial charge in [-0.15, -0.1) is 16.4 Å². The third-order valence-corrected chi connectivity index (χ3v) is 5.20. The molecule has 0 aromatic carbocycles. The highest BCUT2D eigenvalue weighted by Gasteiger charge is 2.22. The van der Waals surface area contributed by atoms with Gasteiger partial charge in [0.15, 0.2) is 0 Å². The molecule has 0 unspecified atom stereocenters. The monoisotopic (exact) mass is 377 g/mol. The number of carbonyl (C=O) groups excluding carboxylic acids is 2. The van der Waals surface area contributed by atoms with Crippen molar-refractivity contribution < 1.29 is 14.3 Å². The van der Waals surface area contributed by atoms with Crippen LogP contribution in [0.3, 0.4) is 0 Å². The fourth-order valence-electron chi connectivity index (χ4n) is 2.93. The Bertz CT molecular complexity index is 751. The lowest BCUT2D eigenvalue weighted by molar-refractivity contribution is 0.0643. The fraction of sp³-hybridized carbons (Fsp3) is 0.471. The first-order valence-corrected chi connectivity index (χ1v) is 9.37. The van der Waals surface area contributed by atoms with E-state index in [4.69, 9.17) is 4.74 Å².